The number of nitrogens with one attached hydrogen (secondary N) is 2. The summed E-state index contributed by atoms with van der Waals surface area (Å²) in [6.07, 6.45) is 0.758. The summed E-state index contributed by atoms with van der Waals surface area (Å²) in [6.45, 7) is 1.96. The van der Waals surface area contributed by atoms with Gasteiger partial charge in [0, 0.05) is 11.4 Å². The number of carbonyl (C=O) groups excluding carboxylic acids is 1. The zero-order chi connectivity index (χ0) is 15.2. The lowest BCUT2D eigenvalue weighted by molar-refractivity contribution is -0.113. The van der Waals surface area contributed by atoms with Gasteiger partial charge in [0.05, 0.1) is 17.0 Å². The number of hydrogen-bond acceptors (Lipinski definition) is 5. The van der Waals surface area contributed by atoms with Gasteiger partial charge < -0.3 is 5.32 Å². The van der Waals surface area contributed by atoms with Gasteiger partial charge in [-0.3, -0.25) is 9.89 Å². The molecule has 0 aliphatic carbocycles. The molecule has 1 aromatic carbocycles. The third-order valence-electron chi connectivity index (χ3n) is 2.55. The van der Waals surface area contributed by atoms with E-state index < -0.39 is 0 Å². The smallest absolute Gasteiger partial charge is 0.234 e. The number of hydrogen-bond donors (Lipinski definition) is 2. The van der Waals surface area contributed by atoms with Gasteiger partial charge in [-0.15, -0.1) is 5.10 Å². The Bertz CT molecular complexity index is 694. The number of aryl methyl sites for hydroxylation is 1. The average molecular weight is 322 g/mol. The van der Waals surface area contributed by atoms with Crippen molar-refractivity contribution < 1.29 is 4.79 Å². The SMILES string of the molecule is CCc1nc(SCC(=O)Nc2cc(Cl)ccc2C#N)n[nH]1. The number of benzene rings is 1. The molecular weight excluding hydrogens is 310 g/mol. The Labute approximate surface area is 130 Å². The number of amides is 1. The van der Waals surface area contributed by atoms with Crippen molar-refractivity contribution >= 4 is 35.0 Å². The molecule has 0 bridgehead atoms. The van der Waals surface area contributed by atoms with Crippen LogP contribution in [-0.2, 0) is 11.2 Å². The quantitative estimate of drug-likeness (QED) is 0.825. The minimum atomic E-state index is -0.249. The highest BCUT2D eigenvalue weighted by atomic mass is 35.5. The molecule has 2 rings (SSSR count). The second kappa shape index (κ2) is 7.11. The lowest BCUT2D eigenvalue weighted by Gasteiger charge is -2.06. The van der Waals surface area contributed by atoms with E-state index >= 15 is 0 Å². The lowest BCUT2D eigenvalue weighted by atomic mass is 10.2. The predicted octanol–water partition coefficient (Wildman–Crippen LogP) is 2.62. The molecule has 0 radical (unpaired) electrons. The van der Waals surface area contributed by atoms with Crippen LogP contribution in [0.3, 0.4) is 0 Å². The standard InChI is InChI=1S/C13H12ClN5OS/c1-2-11-17-13(19-18-11)21-7-12(20)16-10-5-9(14)4-3-8(10)6-15/h3-5H,2,7H2,1H3,(H,16,20)(H,17,18,19). The van der Waals surface area contributed by atoms with Crippen LogP contribution in [0.5, 0.6) is 0 Å². The van der Waals surface area contributed by atoms with Crippen LogP contribution >= 0.6 is 23.4 Å². The van der Waals surface area contributed by atoms with E-state index in [4.69, 9.17) is 16.9 Å². The zero-order valence-electron chi connectivity index (χ0n) is 11.2. The van der Waals surface area contributed by atoms with Crippen molar-refractivity contribution in [2.45, 2.75) is 18.5 Å². The Balaban J connectivity index is 1.96. The highest BCUT2D eigenvalue weighted by Gasteiger charge is 2.10. The molecule has 6 nitrogen and oxygen atoms in total. The maximum Gasteiger partial charge on any atom is 0.234 e. The number of nitrogens with zero attached hydrogens (tertiary/aromatic N) is 3. The van der Waals surface area contributed by atoms with Crippen LogP contribution in [0.4, 0.5) is 5.69 Å². The number of carbonyl (C=O) groups is 1. The minimum absolute atomic E-state index is 0.151. The van der Waals surface area contributed by atoms with E-state index in [1.807, 2.05) is 13.0 Å². The molecule has 0 fully saturated rings. The predicted molar refractivity (Wildman–Crippen MR) is 81.3 cm³/mol. The number of nitriles is 1. The van der Waals surface area contributed by atoms with Gasteiger partial charge in [-0.25, -0.2) is 4.98 Å². The van der Waals surface area contributed by atoms with E-state index in [2.05, 4.69) is 20.5 Å². The second-order valence-corrected chi connectivity index (χ2v) is 5.44. The third-order valence-corrected chi connectivity index (χ3v) is 3.64. The number of aromatic nitrogens is 3. The topological polar surface area (TPSA) is 94.5 Å². The van der Waals surface area contributed by atoms with Gasteiger partial charge in [-0.2, -0.15) is 5.26 Å². The molecule has 0 spiro atoms. The molecule has 0 saturated heterocycles. The highest BCUT2D eigenvalue weighted by molar-refractivity contribution is 7.99. The van der Waals surface area contributed by atoms with E-state index in [-0.39, 0.29) is 11.7 Å². The van der Waals surface area contributed by atoms with Crippen LogP contribution in [0.15, 0.2) is 23.4 Å². The van der Waals surface area contributed by atoms with Crippen molar-refractivity contribution in [1.82, 2.24) is 15.2 Å². The van der Waals surface area contributed by atoms with Crippen LogP contribution in [0.1, 0.15) is 18.3 Å². The van der Waals surface area contributed by atoms with Crippen molar-refractivity contribution in [3.05, 3.63) is 34.6 Å². The van der Waals surface area contributed by atoms with Crippen molar-refractivity contribution in [2.75, 3.05) is 11.1 Å². The Morgan fingerprint density at radius 3 is 3.05 bits per heavy atom. The van der Waals surface area contributed by atoms with Gasteiger partial charge in [0.2, 0.25) is 11.1 Å². The first kappa shape index (κ1) is 15.4. The molecule has 0 saturated carbocycles. The van der Waals surface area contributed by atoms with Gasteiger partial charge >= 0.3 is 0 Å². The van der Waals surface area contributed by atoms with Gasteiger partial charge in [-0.1, -0.05) is 30.3 Å². The zero-order valence-corrected chi connectivity index (χ0v) is 12.8. The van der Waals surface area contributed by atoms with Crippen LogP contribution in [0.25, 0.3) is 0 Å². The summed E-state index contributed by atoms with van der Waals surface area (Å²) in [5.74, 6) is 0.680. The first-order chi connectivity index (χ1) is 10.1. The maximum absolute atomic E-state index is 11.9. The molecule has 0 unspecified atom stereocenters. The molecule has 8 heteroatoms. The van der Waals surface area contributed by atoms with E-state index in [9.17, 15) is 4.79 Å². The second-order valence-electron chi connectivity index (χ2n) is 4.06. The van der Waals surface area contributed by atoms with Crippen molar-refractivity contribution in [3.8, 4) is 6.07 Å². The van der Waals surface area contributed by atoms with Crippen LogP contribution < -0.4 is 5.32 Å². The van der Waals surface area contributed by atoms with E-state index in [0.29, 0.717) is 21.4 Å². The number of halogens is 1. The maximum atomic E-state index is 11.9. The molecule has 21 heavy (non-hydrogen) atoms. The van der Waals surface area contributed by atoms with Gasteiger partial charge in [0.25, 0.3) is 0 Å². The Kier molecular flexibility index (Phi) is 5.20. The summed E-state index contributed by atoms with van der Waals surface area (Å²) in [5.41, 5.74) is 0.767. The lowest BCUT2D eigenvalue weighted by Crippen LogP contribution is -2.15. The normalized spacial score (nSPS) is 10.1. The monoisotopic (exact) mass is 321 g/mol. The van der Waals surface area contributed by atoms with Crippen molar-refractivity contribution in [1.29, 1.82) is 5.26 Å². The summed E-state index contributed by atoms with van der Waals surface area (Å²) < 4.78 is 0. The molecular formula is C13H12ClN5OS. The van der Waals surface area contributed by atoms with Gasteiger partial charge in [-0.05, 0) is 18.2 Å². The number of aromatic amines is 1. The number of H-pyrrole nitrogens is 1. The summed E-state index contributed by atoms with van der Waals surface area (Å²) in [6, 6.07) is 6.71. The first-order valence-corrected chi connectivity index (χ1v) is 7.52. The van der Waals surface area contributed by atoms with E-state index in [0.717, 1.165) is 12.2 Å². The van der Waals surface area contributed by atoms with Crippen LogP contribution in [-0.4, -0.2) is 26.8 Å². The Morgan fingerprint density at radius 1 is 1.57 bits per heavy atom. The number of anilines is 1. The molecule has 0 aliphatic heterocycles. The minimum Gasteiger partial charge on any atom is -0.324 e. The molecule has 1 aromatic heterocycles. The molecule has 0 atom stereocenters. The Hall–Kier alpha value is -2.04. The first-order valence-electron chi connectivity index (χ1n) is 6.16. The van der Waals surface area contributed by atoms with Crippen LogP contribution in [0, 0.1) is 11.3 Å². The molecule has 0 aliphatic rings. The molecule has 108 valence electrons. The largest absolute Gasteiger partial charge is 0.324 e. The van der Waals surface area contributed by atoms with E-state index in [1.165, 1.54) is 11.8 Å². The molecule has 2 N–H and O–H groups in total. The molecule has 1 heterocycles. The average Bonchev–Trinajstić information content (AvgIpc) is 2.93. The molecule has 2 aromatic rings. The fourth-order valence-electron chi connectivity index (χ4n) is 1.53. The summed E-state index contributed by atoms with van der Waals surface area (Å²) >= 11 is 7.08. The fraction of sp³-hybridized carbons (Fsp3) is 0.231. The summed E-state index contributed by atoms with van der Waals surface area (Å²) in [4.78, 5) is 16.1. The number of rotatable bonds is 5. The third kappa shape index (κ3) is 4.21. The molecule has 1 amide bonds. The fourth-order valence-corrected chi connectivity index (χ4v) is 2.32. The van der Waals surface area contributed by atoms with E-state index in [1.54, 1.807) is 18.2 Å². The van der Waals surface area contributed by atoms with Crippen molar-refractivity contribution in [2.24, 2.45) is 0 Å². The Morgan fingerprint density at radius 2 is 2.38 bits per heavy atom. The van der Waals surface area contributed by atoms with Gasteiger partial charge in [0.1, 0.15) is 11.9 Å². The number of thioether (sulfide) groups is 1. The highest BCUT2D eigenvalue weighted by Crippen LogP contribution is 2.21. The van der Waals surface area contributed by atoms with Crippen molar-refractivity contribution in [3.63, 3.8) is 0 Å². The summed E-state index contributed by atoms with van der Waals surface area (Å²) in [5, 5.41) is 19.4. The van der Waals surface area contributed by atoms with Crippen LogP contribution in [0.2, 0.25) is 5.02 Å². The van der Waals surface area contributed by atoms with Gasteiger partial charge in [0.15, 0.2) is 0 Å². The summed E-state index contributed by atoms with van der Waals surface area (Å²) in [7, 11) is 0.